The van der Waals surface area contributed by atoms with Crippen LogP contribution in [0.4, 0.5) is 0 Å². The maximum atomic E-state index is 6.25. The van der Waals surface area contributed by atoms with Crippen LogP contribution in [-0.2, 0) is 0 Å². The fourth-order valence-corrected chi connectivity index (χ4v) is 6.02. The second-order valence-electron chi connectivity index (χ2n) is 6.56. The lowest BCUT2D eigenvalue weighted by Gasteiger charge is -2.18. The molecule has 0 bridgehead atoms. The van der Waals surface area contributed by atoms with E-state index in [0.29, 0.717) is 40.9 Å². The summed E-state index contributed by atoms with van der Waals surface area (Å²) in [5, 5.41) is 0. The van der Waals surface area contributed by atoms with Crippen molar-refractivity contribution in [2.45, 2.75) is 0 Å². The van der Waals surface area contributed by atoms with Gasteiger partial charge in [0.05, 0.1) is 26.8 Å². The molecule has 0 radical (unpaired) electrons. The van der Waals surface area contributed by atoms with Crippen LogP contribution in [0.15, 0.2) is 99.6 Å². The van der Waals surface area contributed by atoms with E-state index in [1.54, 1.807) is 0 Å². The summed E-state index contributed by atoms with van der Waals surface area (Å²) >= 11 is 21.7. The Balaban J connectivity index is 1.65. The van der Waals surface area contributed by atoms with E-state index >= 15 is 0 Å². The molecule has 0 amide bonds. The van der Waals surface area contributed by atoms with E-state index in [-0.39, 0.29) is 0 Å². The molecule has 4 aromatic carbocycles. The average Bonchev–Trinajstić information content (AvgIpc) is 2.82. The van der Waals surface area contributed by atoms with Gasteiger partial charge in [-0.2, -0.15) is 0 Å². The third kappa shape index (κ3) is 5.87. The van der Waals surface area contributed by atoms with E-state index in [9.17, 15) is 0 Å². The van der Waals surface area contributed by atoms with Gasteiger partial charge in [0.2, 0.25) is 0 Å². The molecule has 3 nitrogen and oxygen atoms in total. The zero-order valence-corrected chi connectivity index (χ0v) is 25.9. The molecule has 0 heterocycles. The lowest BCUT2D eigenvalue weighted by Crippen LogP contribution is -1.94. The highest BCUT2D eigenvalue weighted by Crippen LogP contribution is 2.50. The summed E-state index contributed by atoms with van der Waals surface area (Å²) in [6.07, 6.45) is 0. The first-order valence-corrected chi connectivity index (χ1v) is 14.1. The Kier molecular flexibility index (Phi) is 8.62. The van der Waals surface area contributed by atoms with Crippen molar-refractivity contribution in [3.63, 3.8) is 0 Å². The van der Waals surface area contributed by atoms with Crippen LogP contribution in [0.3, 0.4) is 0 Å². The second-order valence-corrected chi connectivity index (χ2v) is 11.4. The minimum Gasteiger partial charge on any atom is -0.455 e. The standard InChI is InChI=1S/C24H12Br6O3/c25-15-11-17(19(27)21(29)23(15)31-13-7-3-1-4-8-13)33-18-12-16(26)24(22(30)20(18)28)32-14-9-5-2-6-10-14/h1-12H. The molecule has 0 N–H and O–H groups in total. The molecule has 0 fully saturated rings. The summed E-state index contributed by atoms with van der Waals surface area (Å²) in [4.78, 5) is 0. The smallest absolute Gasteiger partial charge is 0.157 e. The van der Waals surface area contributed by atoms with Gasteiger partial charge >= 0.3 is 0 Å². The number of benzene rings is 4. The molecule has 0 spiro atoms. The van der Waals surface area contributed by atoms with E-state index < -0.39 is 0 Å². The van der Waals surface area contributed by atoms with E-state index in [0.717, 1.165) is 20.4 Å². The average molecular weight is 828 g/mol. The Hall–Kier alpha value is -0.840. The van der Waals surface area contributed by atoms with E-state index in [1.807, 2.05) is 72.8 Å². The molecule has 0 atom stereocenters. The highest BCUT2D eigenvalue weighted by Gasteiger charge is 2.21. The Morgan fingerprint density at radius 2 is 0.788 bits per heavy atom. The van der Waals surface area contributed by atoms with Crippen LogP contribution >= 0.6 is 95.6 Å². The molecule has 0 unspecified atom stereocenters. The summed E-state index contributed by atoms with van der Waals surface area (Å²) < 4.78 is 22.6. The van der Waals surface area contributed by atoms with Crippen molar-refractivity contribution in [2.24, 2.45) is 0 Å². The Bertz CT molecular complexity index is 1200. The van der Waals surface area contributed by atoms with Crippen molar-refractivity contribution >= 4 is 95.6 Å². The summed E-state index contributed by atoms with van der Waals surface area (Å²) in [5.41, 5.74) is 0. The Labute approximate surface area is 241 Å². The van der Waals surface area contributed by atoms with Gasteiger partial charge in [-0.05, 0) is 120 Å². The molecular weight excluding hydrogens is 816 g/mol. The van der Waals surface area contributed by atoms with Crippen molar-refractivity contribution in [1.82, 2.24) is 0 Å². The van der Waals surface area contributed by atoms with Crippen LogP contribution in [-0.4, -0.2) is 0 Å². The molecule has 0 aliphatic rings. The third-order valence-corrected chi connectivity index (χ3v) is 9.64. The van der Waals surface area contributed by atoms with Crippen LogP contribution in [0, 0.1) is 0 Å². The lowest BCUT2D eigenvalue weighted by atomic mass is 10.3. The fraction of sp³-hybridized carbons (Fsp3) is 0. The fourth-order valence-electron chi connectivity index (χ4n) is 2.78. The summed E-state index contributed by atoms with van der Waals surface area (Å²) in [7, 11) is 0. The maximum Gasteiger partial charge on any atom is 0.157 e. The van der Waals surface area contributed by atoms with Gasteiger partial charge in [-0.15, -0.1) is 0 Å². The minimum absolute atomic E-state index is 0.588. The molecule has 0 aliphatic carbocycles. The topological polar surface area (TPSA) is 27.7 Å². The SMILES string of the molecule is Brc1cc(Oc2cc(Br)c(Oc3ccccc3)c(Br)c2Br)c(Br)c(Br)c1Oc1ccccc1. The van der Waals surface area contributed by atoms with Gasteiger partial charge in [0.1, 0.15) is 23.0 Å². The molecule has 33 heavy (non-hydrogen) atoms. The third-order valence-electron chi connectivity index (χ3n) is 4.31. The van der Waals surface area contributed by atoms with E-state index in [4.69, 9.17) is 14.2 Å². The number of ether oxygens (including phenoxy) is 3. The highest BCUT2D eigenvalue weighted by molar-refractivity contribution is 9.13. The first-order chi connectivity index (χ1) is 15.8. The van der Waals surface area contributed by atoms with Gasteiger partial charge in [-0.25, -0.2) is 0 Å². The molecule has 9 heteroatoms. The molecule has 0 aliphatic heterocycles. The largest absolute Gasteiger partial charge is 0.455 e. The molecule has 168 valence electrons. The lowest BCUT2D eigenvalue weighted by molar-refractivity contribution is 0.453. The monoisotopic (exact) mass is 822 g/mol. The Morgan fingerprint density at radius 3 is 1.15 bits per heavy atom. The summed E-state index contributed by atoms with van der Waals surface area (Å²) in [6, 6.07) is 22.8. The van der Waals surface area contributed by atoms with Crippen LogP contribution < -0.4 is 14.2 Å². The zero-order chi connectivity index (χ0) is 23.5. The van der Waals surface area contributed by atoms with E-state index in [2.05, 4.69) is 95.6 Å². The van der Waals surface area contributed by atoms with Crippen molar-refractivity contribution in [3.8, 4) is 34.5 Å². The van der Waals surface area contributed by atoms with Gasteiger partial charge < -0.3 is 14.2 Å². The Morgan fingerprint density at radius 1 is 0.424 bits per heavy atom. The molecule has 4 rings (SSSR count). The van der Waals surface area contributed by atoms with Crippen LogP contribution in [0.5, 0.6) is 34.5 Å². The van der Waals surface area contributed by atoms with Gasteiger partial charge in [0.25, 0.3) is 0 Å². The first-order valence-electron chi connectivity index (χ1n) is 9.33. The van der Waals surface area contributed by atoms with Gasteiger partial charge in [-0.3, -0.25) is 0 Å². The minimum atomic E-state index is 0.588. The predicted molar refractivity (Wildman–Crippen MR) is 152 cm³/mol. The number of halogens is 6. The molecule has 4 aromatic rings. The molecule has 0 aromatic heterocycles. The number of rotatable bonds is 6. The summed E-state index contributed by atoms with van der Waals surface area (Å²) in [5.74, 6) is 3.89. The van der Waals surface area contributed by atoms with Gasteiger partial charge in [0.15, 0.2) is 11.5 Å². The summed E-state index contributed by atoms with van der Waals surface area (Å²) in [6.45, 7) is 0. The normalized spacial score (nSPS) is 10.7. The van der Waals surface area contributed by atoms with Gasteiger partial charge in [0, 0.05) is 12.1 Å². The van der Waals surface area contributed by atoms with Crippen molar-refractivity contribution in [1.29, 1.82) is 0 Å². The number of para-hydroxylation sites is 2. The van der Waals surface area contributed by atoms with E-state index in [1.165, 1.54) is 0 Å². The number of hydrogen-bond acceptors (Lipinski definition) is 3. The van der Waals surface area contributed by atoms with Crippen LogP contribution in [0.1, 0.15) is 0 Å². The quantitative estimate of drug-likeness (QED) is 0.181. The van der Waals surface area contributed by atoms with Gasteiger partial charge in [-0.1, -0.05) is 36.4 Å². The van der Waals surface area contributed by atoms with Crippen molar-refractivity contribution in [3.05, 3.63) is 99.6 Å². The van der Waals surface area contributed by atoms with Crippen LogP contribution in [0.2, 0.25) is 0 Å². The number of hydrogen-bond donors (Lipinski definition) is 0. The molecule has 0 saturated heterocycles. The van der Waals surface area contributed by atoms with Crippen molar-refractivity contribution < 1.29 is 14.2 Å². The zero-order valence-electron chi connectivity index (χ0n) is 16.4. The second kappa shape index (κ2) is 11.3. The molecule has 0 saturated carbocycles. The maximum absolute atomic E-state index is 6.25. The van der Waals surface area contributed by atoms with Crippen LogP contribution in [0.25, 0.3) is 0 Å². The predicted octanol–water partition coefficient (Wildman–Crippen LogP) is 11.6. The first kappa shape index (κ1) is 25.3. The highest BCUT2D eigenvalue weighted by atomic mass is 79.9. The van der Waals surface area contributed by atoms with Crippen molar-refractivity contribution in [2.75, 3.05) is 0 Å². The molecular formula is C24H12Br6O3.